The maximum Gasteiger partial charge on any atom is 0.573 e. The van der Waals surface area contributed by atoms with Gasteiger partial charge in [-0.15, -0.1) is 13.2 Å². The first kappa shape index (κ1) is 21.7. The topological polar surface area (TPSA) is 9.23 Å². The summed E-state index contributed by atoms with van der Waals surface area (Å²) in [5.41, 5.74) is 2.23. The average Bonchev–Trinajstić information content (AvgIpc) is 2.68. The van der Waals surface area contributed by atoms with Crippen LogP contribution >= 0.6 is 0 Å². The van der Waals surface area contributed by atoms with Crippen LogP contribution in [0.3, 0.4) is 0 Å². The molecular weight excluding hydrogens is 377 g/mol. The molecule has 0 radical (unpaired) electrons. The van der Waals surface area contributed by atoms with Crippen LogP contribution in [0.5, 0.6) is 5.75 Å². The summed E-state index contributed by atoms with van der Waals surface area (Å²) in [4.78, 5) is 0. The van der Waals surface area contributed by atoms with Crippen molar-refractivity contribution in [3.63, 3.8) is 0 Å². The van der Waals surface area contributed by atoms with Crippen LogP contribution in [0, 0.1) is 5.92 Å². The van der Waals surface area contributed by atoms with Gasteiger partial charge in [-0.1, -0.05) is 82.5 Å². The number of alkyl halides is 3. The van der Waals surface area contributed by atoms with E-state index in [1.165, 1.54) is 94.0 Å². The molecule has 158 valence electrons. The van der Waals surface area contributed by atoms with Crippen molar-refractivity contribution in [3.8, 4) is 5.75 Å². The first-order valence-corrected chi connectivity index (χ1v) is 13.6. The SMILES string of the molecule is CCCCC[C@H]1CC[C@H]([Si@H]2CC[C@H](c3ccc(OC(F)(F)F)cc3)CC2)CC1. The summed E-state index contributed by atoms with van der Waals surface area (Å²) in [6.07, 6.45) is 9.29. The Hall–Kier alpha value is -0.973. The Bertz CT molecular complexity index is 571. The highest BCUT2D eigenvalue weighted by Crippen LogP contribution is 2.44. The van der Waals surface area contributed by atoms with E-state index in [0.717, 1.165) is 11.5 Å². The van der Waals surface area contributed by atoms with Crippen LogP contribution < -0.4 is 4.74 Å². The van der Waals surface area contributed by atoms with Gasteiger partial charge in [0.15, 0.2) is 0 Å². The Balaban J connectivity index is 1.41. The van der Waals surface area contributed by atoms with E-state index in [9.17, 15) is 13.2 Å². The predicted octanol–water partition coefficient (Wildman–Crippen LogP) is 7.83. The zero-order chi connectivity index (χ0) is 20.0. The maximum atomic E-state index is 12.3. The van der Waals surface area contributed by atoms with Crippen molar-refractivity contribution in [3.05, 3.63) is 29.8 Å². The van der Waals surface area contributed by atoms with Crippen LogP contribution in [-0.2, 0) is 0 Å². The summed E-state index contributed by atoms with van der Waals surface area (Å²) in [5.74, 6) is 1.40. The molecule has 0 N–H and O–H groups in total. The van der Waals surface area contributed by atoms with Crippen LogP contribution in [0.15, 0.2) is 24.3 Å². The zero-order valence-corrected chi connectivity index (χ0v) is 18.3. The van der Waals surface area contributed by atoms with Crippen LogP contribution in [0.1, 0.15) is 82.6 Å². The van der Waals surface area contributed by atoms with Crippen LogP contribution in [-0.4, -0.2) is 15.2 Å². The van der Waals surface area contributed by atoms with Gasteiger partial charge in [0.05, 0.1) is 0 Å². The Morgan fingerprint density at radius 1 is 0.929 bits per heavy atom. The minimum Gasteiger partial charge on any atom is -0.406 e. The van der Waals surface area contributed by atoms with E-state index in [1.54, 1.807) is 0 Å². The van der Waals surface area contributed by atoms with E-state index < -0.39 is 15.2 Å². The van der Waals surface area contributed by atoms with Crippen molar-refractivity contribution in [1.82, 2.24) is 0 Å². The van der Waals surface area contributed by atoms with Gasteiger partial charge in [0.2, 0.25) is 0 Å². The van der Waals surface area contributed by atoms with E-state index in [0.29, 0.717) is 5.92 Å². The Morgan fingerprint density at radius 3 is 2.14 bits per heavy atom. The van der Waals surface area contributed by atoms with Crippen molar-refractivity contribution in [2.45, 2.75) is 101 Å². The molecule has 0 aromatic heterocycles. The Morgan fingerprint density at radius 2 is 1.57 bits per heavy atom. The second-order valence-electron chi connectivity index (χ2n) is 9.01. The standard InChI is InChI=1S/C23H35F3OSi/c1-2-3-4-5-18-6-12-22(13-7-18)28-16-14-20(15-17-28)19-8-10-21(11-9-19)27-23(24,25)26/h8-11,18,20,22,28H,2-7,12-17H2,1H3/t18-,20-,22-,28-. The number of unbranched alkanes of at least 4 members (excludes halogenated alkanes) is 2. The van der Waals surface area contributed by atoms with Gasteiger partial charge in [0.1, 0.15) is 5.75 Å². The van der Waals surface area contributed by atoms with Gasteiger partial charge < -0.3 is 4.74 Å². The lowest BCUT2D eigenvalue weighted by atomic mass is 9.85. The van der Waals surface area contributed by atoms with E-state index in [4.69, 9.17) is 0 Å². The number of ether oxygens (including phenoxy) is 1. The lowest BCUT2D eigenvalue weighted by Crippen LogP contribution is -2.29. The molecule has 2 fully saturated rings. The van der Waals surface area contributed by atoms with Gasteiger partial charge in [-0.2, -0.15) is 0 Å². The Labute approximate surface area is 169 Å². The molecule has 28 heavy (non-hydrogen) atoms. The molecule has 2 aliphatic rings. The van der Waals surface area contributed by atoms with Gasteiger partial charge in [-0.25, -0.2) is 0 Å². The highest BCUT2D eigenvalue weighted by atomic mass is 28.3. The second-order valence-corrected chi connectivity index (χ2v) is 12.6. The minimum atomic E-state index is -4.61. The molecule has 0 amide bonds. The van der Waals surface area contributed by atoms with Crippen molar-refractivity contribution >= 4 is 8.80 Å². The quantitative estimate of drug-likeness (QED) is 0.327. The minimum absolute atomic E-state index is 0.116. The first-order valence-electron chi connectivity index (χ1n) is 11.3. The maximum absolute atomic E-state index is 12.3. The van der Waals surface area contributed by atoms with Crippen molar-refractivity contribution in [2.24, 2.45) is 5.92 Å². The fourth-order valence-corrected chi connectivity index (χ4v) is 9.72. The lowest BCUT2D eigenvalue weighted by molar-refractivity contribution is -0.274. The highest BCUT2D eigenvalue weighted by Gasteiger charge is 2.33. The van der Waals surface area contributed by atoms with Gasteiger partial charge >= 0.3 is 6.36 Å². The largest absolute Gasteiger partial charge is 0.573 e. The smallest absolute Gasteiger partial charge is 0.406 e. The van der Waals surface area contributed by atoms with Crippen molar-refractivity contribution in [1.29, 1.82) is 0 Å². The molecular formula is C23H35F3OSi. The molecule has 1 saturated heterocycles. The molecule has 1 aromatic carbocycles. The van der Waals surface area contributed by atoms with Gasteiger partial charge in [-0.3, -0.25) is 0 Å². The predicted molar refractivity (Wildman–Crippen MR) is 112 cm³/mol. The number of halogens is 3. The normalized spacial score (nSPS) is 28.9. The van der Waals surface area contributed by atoms with E-state index in [-0.39, 0.29) is 5.75 Å². The number of benzene rings is 1. The number of rotatable bonds is 7. The molecule has 1 heterocycles. The summed E-state index contributed by atoms with van der Waals surface area (Å²) >= 11 is 0. The molecule has 0 unspecified atom stereocenters. The van der Waals surface area contributed by atoms with Crippen LogP contribution in [0.2, 0.25) is 17.6 Å². The monoisotopic (exact) mass is 412 g/mol. The molecule has 0 atom stereocenters. The second kappa shape index (κ2) is 10.2. The van der Waals surface area contributed by atoms with Crippen molar-refractivity contribution in [2.75, 3.05) is 0 Å². The van der Waals surface area contributed by atoms with Crippen LogP contribution in [0.25, 0.3) is 0 Å². The molecule has 1 nitrogen and oxygen atoms in total. The van der Waals surface area contributed by atoms with Crippen molar-refractivity contribution < 1.29 is 17.9 Å². The van der Waals surface area contributed by atoms with E-state index in [1.807, 2.05) is 12.1 Å². The third-order valence-electron chi connectivity index (χ3n) is 7.13. The molecule has 1 aliphatic carbocycles. The summed E-state index contributed by atoms with van der Waals surface area (Å²) in [5, 5.41) is 0. The Kier molecular flexibility index (Phi) is 7.90. The summed E-state index contributed by atoms with van der Waals surface area (Å²) in [7, 11) is -0.642. The van der Waals surface area contributed by atoms with Crippen LogP contribution in [0.4, 0.5) is 13.2 Å². The zero-order valence-electron chi connectivity index (χ0n) is 17.1. The fraction of sp³-hybridized carbons (Fsp3) is 0.739. The molecule has 5 heteroatoms. The molecule has 1 aromatic rings. The average molecular weight is 413 g/mol. The molecule has 0 spiro atoms. The summed E-state index contributed by atoms with van der Waals surface area (Å²) in [6.45, 7) is 2.28. The highest BCUT2D eigenvalue weighted by molar-refractivity contribution is 6.60. The molecule has 3 rings (SSSR count). The third kappa shape index (κ3) is 6.53. The molecule has 1 saturated carbocycles. The fourth-order valence-electron chi connectivity index (χ4n) is 5.50. The molecule has 1 aliphatic heterocycles. The van der Waals surface area contributed by atoms with E-state index >= 15 is 0 Å². The van der Waals surface area contributed by atoms with Gasteiger partial charge in [-0.05, 0) is 47.9 Å². The molecule has 0 bridgehead atoms. The summed E-state index contributed by atoms with van der Waals surface area (Å²) in [6, 6.07) is 9.41. The van der Waals surface area contributed by atoms with E-state index in [2.05, 4.69) is 11.7 Å². The first-order chi connectivity index (χ1) is 13.4. The van der Waals surface area contributed by atoms with Gasteiger partial charge in [0.25, 0.3) is 0 Å². The number of hydrogen-bond acceptors (Lipinski definition) is 1. The number of hydrogen-bond donors (Lipinski definition) is 0. The van der Waals surface area contributed by atoms with Gasteiger partial charge in [0, 0.05) is 8.80 Å². The lowest BCUT2D eigenvalue weighted by Gasteiger charge is -2.37. The third-order valence-corrected chi connectivity index (χ3v) is 11.3. The summed E-state index contributed by atoms with van der Waals surface area (Å²) < 4.78 is 40.9.